The number of anilines is 1. The highest BCUT2D eigenvalue weighted by Gasteiger charge is 2.29. The van der Waals surface area contributed by atoms with Gasteiger partial charge in [0.25, 0.3) is 0 Å². The van der Waals surface area contributed by atoms with E-state index in [0.717, 1.165) is 36.5 Å². The monoisotopic (exact) mass is 324 g/mol. The van der Waals surface area contributed by atoms with E-state index in [4.69, 9.17) is 0 Å². The number of aryl methyl sites for hydroxylation is 1. The van der Waals surface area contributed by atoms with Gasteiger partial charge in [-0.05, 0) is 40.9 Å². The molecule has 1 atom stereocenters. The van der Waals surface area contributed by atoms with Gasteiger partial charge in [0.2, 0.25) is 0 Å². The maximum absolute atomic E-state index is 4.55. The summed E-state index contributed by atoms with van der Waals surface area (Å²) in [5, 5.41) is 3.42. The van der Waals surface area contributed by atoms with E-state index in [2.05, 4.69) is 49.0 Å². The van der Waals surface area contributed by atoms with Crippen molar-refractivity contribution in [3.63, 3.8) is 0 Å². The van der Waals surface area contributed by atoms with Crippen LogP contribution < -0.4 is 10.2 Å². The molecule has 19 heavy (non-hydrogen) atoms. The van der Waals surface area contributed by atoms with Crippen LogP contribution in [0.25, 0.3) is 0 Å². The Morgan fingerprint density at radius 1 is 1.32 bits per heavy atom. The molecule has 0 amide bonds. The van der Waals surface area contributed by atoms with Gasteiger partial charge in [-0.3, -0.25) is 4.90 Å². The van der Waals surface area contributed by atoms with Crippen LogP contribution >= 0.6 is 15.9 Å². The molecule has 0 spiro atoms. The van der Waals surface area contributed by atoms with Crippen LogP contribution in [0.3, 0.4) is 0 Å². The van der Waals surface area contributed by atoms with Gasteiger partial charge in [0.05, 0.1) is 0 Å². The first-order valence-electron chi connectivity index (χ1n) is 7.06. The summed E-state index contributed by atoms with van der Waals surface area (Å²) in [4.78, 5) is 9.60. The number of piperazine rings is 1. The minimum Gasteiger partial charge on any atom is -0.355 e. The summed E-state index contributed by atoms with van der Waals surface area (Å²) in [5.74, 6) is 1.12. The van der Waals surface area contributed by atoms with Crippen LogP contribution in [0, 0.1) is 6.92 Å². The predicted octanol–water partition coefficient (Wildman–Crippen LogP) is 1.64. The normalized spacial score (nSPS) is 24.9. The van der Waals surface area contributed by atoms with E-state index in [9.17, 15) is 0 Å². The smallest absolute Gasteiger partial charge is 0.128 e. The molecule has 0 bridgehead atoms. The van der Waals surface area contributed by atoms with Crippen molar-refractivity contribution in [1.29, 1.82) is 0 Å². The molecule has 2 saturated heterocycles. The number of rotatable bonds is 2. The summed E-state index contributed by atoms with van der Waals surface area (Å²) < 4.78 is 1.09. The van der Waals surface area contributed by atoms with Gasteiger partial charge < -0.3 is 10.2 Å². The summed E-state index contributed by atoms with van der Waals surface area (Å²) >= 11 is 3.52. The Morgan fingerprint density at radius 3 is 2.84 bits per heavy atom. The molecule has 1 aromatic rings. The van der Waals surface area contributed by atoms with Crippen molar-refractivity contribution >= 4 is 21.7 Å². The lowest BCUT2D eigenvalue weighted by Crippen LogP contribution is -2.49. The average Bonchev–Trinajstić information content (AvgIpc) is 2.93. The maximum atomic E-state index is 4.55. The molecule has 0 aliphatic carbocycles. The highest BCUT2D eigenvalue weighted by Crippen LogP contribution is 2.24. The van der Waals surface area contributed by atoms with Crippen molar-refractivity contribution in [2.75, 3.05) is 44.2 Å². The molecule has 1 unspecified atom stereocenters. The Hall–Kier alpha value is -0.650. The molecule has 1 aromatic heterocycles. The van der Waals surface area contributed by atoms with Crippen LogP contribution in [0.4, 0.5) is 5.82 Å². The summed E-state index contributed by atoms with van der Waals surface area (Å²) in [5.41, 5.74) is 1.26. The van der Waals surface area contributed by atoms with E-state index in [1.54, 1.807) is 0 Å². The van der Waals surface area contributed by atoms with Crippen molar-refractivity contribution in [1.82, 2.24) is 15.2 Å². The number of pyridine rings is 1. The molecule has 5 heteroatoms. The lowest BCUT2D eigenvalue weighted by atomic mass is 10.2. The molecular weight excluding hydrogens is 304 g/mol. The third-order valence-corrected chi connectivity index (χ3v) is 5.02. The number of nitrogens with zero attached hydrogens (tertiary/aromatic N) is 3. The van der Waals surface area contributed by atoms with Gasteiger partial charge in [0.15, 0.2) is 0 Å². The molecule has 0 aromatic carbocycles. The lowest BCUT2D eigenvalue weighted by molar-refractivity contribution is 0.185. The number of hydrogen-bond donors (Lipinski definition) is 1. The van der Waals surface area contributed by atoms with E-state index >= 15 is 0 Å². The van der Waals surface area contributed by atoms with Crippen molar-refractivity contribution in [3.8, 4) is 0 Å². The van der Waals surface area contributed by atoms with Gasteiger partial charge in [0.1, 0.15) is 5.82 Å². The second-order valence-corrected chi connectivity index (χ2v) is 6.32. The van der Waals surface area contributed by atoms with Crippen molar-refractivity contribution in [3.05, 3.63) is 22.3 Å². The predicted molar refractivity (Wildman–Crippen MR) is 81.7 cm³/mol. The third kappa shape index (κ3) is 2.93. The van der Waals surface area contributed by atoms with E-state index in [1.165, 1.54) is 25.1 Å². The molecular formula is C14H21BrN4. The standard InChI is InChI=1S/C14H21BrN4/c1-11-8-14(17-9-13(11)15)19-5-2-12(10-19)18-6-3-16-4-7-18/h8-9,12,16H,2-7,10H2,1H3. The van der Waals surface area contributed by atoms with Gasteiger partial charge in [-0.15, -0.1) is 0 Å². The molecule has 0 radical (unpaired) electrons. The van der Waals surface area contributed by atoms with Crippen LogP contribution in [0.5, 0.6) is 0 Å². The second kappa shape index (κ2) is 5.77. The van der Waals surface area contributed by atoms with E-state index < -0.39 is 0 Å². The number of hydrogen-bond acceptors (Lipinski definition) is 4. The second-order valence-electron chi connectivity index (χ2n) is 5.47. The molecule has 3 rings (SSSR count). The van der Waals surface area contributed by atoms with E-state index in [0.29, 0.717) is 6.04 Å². The van der Waals surface area contributed by atoms with Crippen LogP contribution in [-0.2, 0) is 0 Å². The Balaban J connectivity index is 1.66. The molecule has 3 heterocycles. The fraction of sp³-hybridized carbons (Fsp3) is 0.643. The Kier molecular flexibility index (Phi) is 4.05. The topological polar surface area (TPSA) is 31.4 Å². The average molecular weight is 325 g/mol. The van der Waals surface area contributed by atoms with E-state index in [-0.39, 0.29) is 0 Å². The van der Waals surface area contributed by atoms with Gasteiger partial charge in [-0.1, -0.05) is 0 Å². The molecule has 2 fully saturated rings. The Morgan fingerprint density at radius 2 is 2.11 bits per heavy atom. The molecule has 0 saturated carbocycles. The Bertz CT molecular complexity index is 445. The first kappa shape index (κ1) is 13.3. The van der Waals surface area contributed by atoms with Crippen molar-refractivity contribution in [2.45, 2.75) is 19.4 Å². The van der Waals surface area contributed by atoms with Crippen molar-refractivity contribution < 1.29 is 0 Å². The zero-order chi connectivity index (χ0) is 13.2. The first-order valence-corrected chi connectivity index (χ1v) is 7.85. The van der Waals surface area contributed by atoms with E-state index in [1.807, 2.05) is 6.20 Å². The van der Waals surface area contributed by atoms with Crippen LogP contribution in [0.2, 0.25) is 0 Å². The van der Waals surface area contributed by atoms with Crippen LogP contribution in [0.1, 0.15) is 12.0 Å². The van der Waals surface area contributed by atoms with Gasteiger partial charge in [0, 0.05) is 56.0 Å². The van der Waals surface area contributed by atoms with Gasteiger partial charge >= 0.3 is 0 Å². The van der Waals surface area contributed by atoms with Crippen molar-refractivity contribution in [2.24, 2.45) is 0 Å². The molecule has 104 valence electrons. The quantitative estimate of drug-likeness (QED) is 0.896. The lowest BCUT2D eigenvalue weighted by Gasteiger charge is -2.32. The van der Waals surface area contributed by atoms with Gasteiger partial charge in [-0.2, -0.15) is 0 Å². The zero-order valence-corrected chi connectivity index (χ0v) is 13.0. The van der Waals surface area contributed by atoms with Crippen LogP contribution in [0.15, 0.2) is 16.7 Å². The first-order chi connectivity index (χ1) is 9.24. The SMILES string of the molecule is Cc1cc(N2CCC(N3CCNCC3)C2)ncc1Br. The molecule has 2 aliphatic rings. The largest absolute Gasteiger partial charge is 0.355 e. The Labute approximate surface area is 123 Å². The number of nitrogens with one attached hydrogen (secondary N) is 1. The summed E-state index contributed by atoms with van der Waals surface area (Å²) in [6.45, 7) is 9.00. The molecule has 4 nitrogen and oxygen atoms in total. The molecule has 2 aliphatic heterocycles. The highest BCUT2D eigenvalue weighted by molar-refractivity contribution is 9.10. The number of halogens is 1. The third-order valence-electron chi connectivity index (χ3n) is 4.19. The minimum absolute atomic E-state index is 0.702. The highest BCUT2D eigenvalue weighted by atomic mass is 79.9. The van der Waals surface area contributed by atoms with Gasteiger partial charge in [-0.25, -0.2) is 4.98 Å². The minimum atomic E-state index is 0.702. The fourth-order valence-electron chi connectivity index (χ4n) is 2.99. The molecule has 1 N–H and O–H groups in total. The maximum Gasteiger partial charge on any atom is 0.128 e. The van der Waals surface area contributed by atoms with Crippen LogP contribution in [-0.4, -0.2) is 55.2 Å². The fourth-order valence-corrected chi connectivity index (χ4v) is 3.21. The summed E-state index contributed by atoms with van der Waals surface area (Å²) in [6.07, 6.45) is 3.18. The summed E-state index contributed by atoms with van der Waals surface area (Å²) in [6, 6.07) is 2.89. The number of aromatic nitrogens is 1. The zero-order valence-electron chi connectivity index (χ0n) is 11.4. The summed E-state index contributed by atoms with van der Waals surface area (Å²) in [7, 11) is 0.